The van der Waals surface area contributed by atoms with E-state index < -0.39 is 0 Å². The van der Waals surface area contributed by atoms with Crippen molar-refractivity contribution in [3.05, 3.63) is 23.9 Å². The Kier molecular flexibility index (Phi) is 3.67. The minimum atomic E-state index is 0.697. The van der Waals surface area contributed by atoms with Gasteiger partial charge in [0.25, 0.3) is 0 Å². The second kappa shape index (κ2) is 4.79. The van der Waals surface area contributed by atoms with E-state index in [4.69, 9.17) is 5.84 Å². The van der Waals surface area contributed by atoms with Gasteiger partial charge < -0.3 is 10.3 Å². The van der Waals surface area contributed by atoms with Crippen molar-refractivity contribution >= 4 is 5.82 Å². The summed E-state index contributed by atoms with van der Waals surface area (Å²) < 4.78 is 0. The monoisotopic (exact) mass is 180 g/mol. The molecule has 4 heteroatoms. The number of nitrogen functional groups attached to an aromatic ring is 1. The molecule has 13 heavy (non-hydrogen) atoms. The first kappa shape index (κ1) is 9.95. The van der Waals surface area contributed by atoms with Crippen LogP contribution in [0, 0.1) is 0 Å². The lowest BCUT2D eigenvalue weighted by Gasteiger charge is -2.13. The molecule has 0 spiro atoms. The van der Waals surface area contributed by atoms with E-state index >= 15 is 0 Å². The molecule has 1 rings (SSSR count). The third-order valence-electron chi connectivity index (χ3n) is 1.96. The number of rotatable bonds is 4. The Labute approximate surface area is 78.7 Å². The maximum atomic E-state index is 5.20. The minimum Gasteiger partial charge on any atom is -0.308 e. The van der Waals surface area contributed by atoms with Crippen LogP contribution in [0.5, 0.6) is 0 Å². The number of aromatic nitrogens is 1. The summed E-state index contributed by atoms with van der Waals surface area (Å²) in [6, 6.07) is 3.90. The van der Waals surface area contributed by atoms with E-state index in [0.29, 0.717) is 5.82 Å². The van der Waals surface area contributed by atoms with Crippen molar-refractivity contribution < 1.29 is 0 Å². The summed E-state index contributed by atoms with van der Waals surface area (Å²) in [6.07, 6.45) is 1.83. The summed E-state index contributed by atoms with van der Waals surface area (Å²) in [5, 5.41) is 0. The van der Waals surface area contributed by atoms with Crippen LogP contribution < -0.4 is 11.3 Å². The summed E-state index contributed by atoms with van der Waals surface area (Å²) in [4.78, 5) is 6.34. The molecule has 0 aliphatic heterocycles. The van der Waals surface area contributed by atoms with Crippen molar-refractivity contribution in [2.24, 2.45) is 5.84 Å². The highest BCUT2D eigenvalue weighted by Gasteiger charge is 1.97. The third kappa shape index (κ3) is 3.01. The zero-order valence-electron chi connectivity index (χ0n) is 8.12. The smallest absolute Gasteiger partial charge is 0.139 e. The van der Waals surface area contributed by atoms with Gasteiger partial charge in [-0.1, -0.05) is 13.0 Å². The molecule has 0 radical (unpaired) electrons. The minimum absolute atomic E-state index is 0.697. The molecule has 1 aromatic rings. The molecule has 1 heterocycles. The maximum absolute atomic E-state index is 5.20. The first-order chi connectivity index (χ1) is 6.26. The van der Waals surface area contributed by atoms with E-state index in [1.54, 1.807) is 0 Å². The van der Waals surface area contributed by atoms with Gasteiger partial charge in [0.2, 0.25) is 0 Å². The summed E-state index contributed by atoms with van der Waals surface area (Å²) in [5.74, 6) is 5.90. The van der Waals surface area contributed by atoms with E-state index in [-0.39, 0.29) is 0 Å². The van der Waals surface area contributed by atoms with Gasteiger partial charge in [0.05, 0.1) is 0 Å². The first-order valence-corrected chi connectivity index (χ1v) is 4.36. The van der Waals surface area contributed by atoms with E-state index in [2.05, 4.69) is 29.3 Å². The molecule has 0 bridgehead atoms. The number of pyridine rings is 1. The summed E-state index contributed by atoms with van der Waals surface area (Å²) in [6.45, 7) is 4.09. The summed E-state index contributed by atoms with van der Waals surface area (Å²) in [7, 11) is 2.08. The predicted molar refractivity (Wildman–Crippen MR) is 54.1 cm³/mol. The Bertz CT molecular complexity index is 244. The molecule has 1 aromatic heterocycles. The van der Waals surface area contributed by atoms with Crippen LogP contribution in [-0.4, -0.2) is 23.5 Å². The standard InChI is InChI=1S/C9H16N4/c1-3-13(2)7-8-4-5-9(12-10)11-6-8/h4-6H,3,7,10H2,1-2H3,(H,11,12). The number of nitrogens with one attached hydrogen (secondary N) is 1. The van der Waals surface area contributed by atoms with Crippen LogP contribution in [0.4, 0.5) is 5.82 Å². The lowest BCUT2D eigenvalue weighted by atomic mass is 10.2. The van der Waals surface area contributed by atoms with Crippen molar-refractivity contribution in [3.63, 3.8) is 0 Å². The van der Waals surface area contributed by atoms with E-state index in [9.17, 15) is 0 Å². The van der Waals surface area contributed by atoms with Gasteiger partial charge in [-0.15, -0.1) is 0 Å². The molecule has 3 N–H and O–H groups in total. The van der Waals surface area contributed by atoms with E-state index in [0.717, 1.165) is 13.1 Å². The second-order valence-electron chi connectivity index (χ2n) is 3.03. The Balaban J connectivity index is 2.58. The lowest BCUT2D eigenvalue weighted by Crippen LogP contribution is -2.17. The van der Waals surface area contributed by atoms with Gasteiger partial charge in [0, 0.05) is 12.7 Å². The number of hydrogen-bond acceptors (Lipinski definition) is 4. The normalized spacial score (nSPS) is 10.5. The zero-order valence-corrected chi connectivity index (χ0v) is 8.12. The largest absolute Gasteiger partial charge is 0.308 e. The van der Waals surface area contributed by atoms with Crippen molar-refractivity contribution in [1.29, 1.82) is 0 Å². The first-order valence-electron chi connectivity index (χ1n) is 4.36. The van der Waals surface area contributed by atoms with Gasteiger partial charge in [-0.3, -0.25) is 0 Å². The Morgan fingerprint density at radius 3 is 2.77 bits per heavy atom. The average molecular weight is 180 g/mol. The molecular formula is C9H16N4. The van der Waals surface area contributed by atoms with E-state index in [1.807, 2.05) is 18.3 Å². The highest BCUT2D eigenvalue weighted by Crippen LogP contribution is 2.05. The fourth-order valence-corrected chi connectivity index (χ4v) is 1.03. The molecule has 0 aliphatic carbocycles. The average Bonchev–Trinajstić information content (AvgIpc) is 2.19. The van der Waals surface area contributed by atoms with Gasteiger partial charge in [0.1, 0.15) is 5.82 Å². The molecule has 0 amide bonds. The van der Waals surface area contributed by atoms with Gasteiger partial charge >= 0.3 is 0 Å². The Morgan fingerprint density at radius 1 is 1.54 bits per heavy atom. The predicted octanol–water partition coefficient (Wildman–Crippen LogP) is 0.819. The quantitative estimate of drug-likeness (QED) is 0.532. The van der Waals surface area contributed by atoms with Crippen molar-refractivity contribution in [2.45, 2.75) is 13.5 Å². The number of hydrazine groups is 1. The van der Waals surface area contributed by atoms with Crippen LogP contribution in [-0.2, 0) is 6.54 Å². The number of anilines is 1. The molecule has 0 atom stereocenters. The molecule has 0 aliphatic rings. The zero-order chi connectivity index (χ0) is 9.68. The van der Waals surface area contributed by atoms with Gasteiger partial charge in [0.15, 0.2) is 0 Å². The van der Waals surface area contributed by atoms with Gasteiger partial charge in [-0.05, 0) is 25.2 Å². The van der Waals surface area contributed by atoms with Crippen molar-refractivity contribution in [3.8, 4) is 0 Å². The highest BCUT2D eigenvalue weighted by molar-refractivity contribution is 5.33. The SMILES string of the molecule is CCN(C)Cc1ccc(NN)nc1. The fraction of sp³-hybridized carbons (Fsp3) is 0.444. The van der Waals surface area contributed by atoms with Crippen LogP contribution in [0.25, 0.3) is 0 Å². The molecular weight excluding hydrogens is 164 g/mol. The third-order valence-corrected chi connectivity index (χ3v) is 1.96. The van der Waals surface area contributed by atoms with Crippen LogP contribution in [0.3, 0.4) is 0 Å². The molecule has 0 saturated heterocycles. The van der Waals surface area contributed by atoms with Crippen molar-refractivity contribution in [2.75, 3.05) is 19.0 Å². The van der Waals surface area contributed by atoms with Crippen molar-refractivity contribution in [1.82, 2.24) is 9.88 Å². The Morgan fingerprint density at radius 2 is 2.31 bits per heavy atom. The highest BCUT2D eigenvalue weighted by atomic mass is 15.2. The van der Waals surface area contributed by atoms with Gasteiger partial charge in [-0.2, -0.15) is 0 Å². The van der Waals surface area contributed by atoms with Crippen LogP contribution in [0.2, 0.25) is 0 Å². The topological polar surface area (TPSA) is 54.2 Å². The Hall–Kier alpha value is -1.13. The number of nitrogens with two attached hydrogens (primary N) is 1. The number of nitrogens with zero attached hydrogens (tertiary/aromatic N) is 2. The van der Waals surface area contributed by atoms with Crippen LogP contribution >= 0.6 is 0 Å². The lowest BCUT2D eigenvalue weighted by molar-refractivity contribution is 0.345. The summed E-state index contributed by atoms with van der Waals surface area (Å²) >= 11 is 0. The van der Waals surface area contributed by atoms with Crippen LogP contribution in [0.1, 0.15) is 12.5 Å². The molecule has 0 saturated carbocycles. The summed E-state index contributed by atoms with van der Waals surface area (Å²) in [5.41, 5.74) is 3.69. The van der Waals surface area contributed by atoms with E-state index in [1.165, 1.54) is 5.56 Å². The second-order valence-corrected chi connectivity index (χ2v) is 3.03. The van der Waals surface area contributed by atoms with Gasteiger partial charge in [-0.25, -0.2) is 10.8 Å². The molecule has 0 aromatic carbocycles. The van der Waals surface area contributed by atoms with Crippen LogP contribution in [0.15, 0.2) is 18.3 Å². The fourth-order valence-electron chi connectivity index (χ4n) is 1.03. The maximum Gasteiger partial charge on any atom is 0.139 e. The number of hydrogen-bond donors (Lipinski definition) is 2. The molecule has 4 nitrogen and oxygen atoms in total. The molecule has 72 valence electrons. The molecule has 0 fully saturated rings. The molecule has 0 unspecified atom stereocenters.